The van der Waals surface area contributed by atoms with E-state index in [9.17, 15) is 29.7 Å². The van der Waals surface area contributed by atoms with Gasteiger partial charge in [-0.1, -0.05) is 73.9 Å². The highest BCUT2D eigenvalue weighted by Gasteiger charge is 2.54. The van der Waals surface area contributed by atoms with Crippen LogP contribution in [0.1, 0.15) is 75.8 Å². The number of aliphatic carboxylic acids is 1. The van der Waals surface area contributed by atoms with E-state index in [0.717, 1.165) is 28.7 Å². The maximum atomic E-state index is 13.6. The van der Waals surface area contributed by atoms with Crippen LogP contribution in [-0.2, 0) is 14.4 Å². The number of hydrogen-bond acceptors (Lipinski definition) is 6. The fourth-order valence-electron chi connectivity index (χ4n) is 6.72. The van der Waals surface area contributed by atoms with E-state index >= 15 is 0 Å². The molecule has 4 rings (SSSR count). The fourth-order valence-corrected chi connectivity index (χ4v) is 6.72. The summed E-state index contributed by atoms with van der Waals surface area (Å²) < 4.78 is 0. The minimum absolute atomic E-state index is 0.0558. The summed E-state index contributed by atoms with van der Waals surface area (Å²) in [4.78, 5) is 39.1. The van der Waals surface area contributed by atoms with Crippen molar-refractivity contribution in [2.45, 2.75) is 70.8 Å². The normalized spacial score (nSPS) is 21.3. The average Bonchev–Trinajstić information content (AvgIpc) is 3.23. The molecule has 0 radical (unpaired) electrons. The Morgan fingerprint density at radius 1 is 1.02 bits per heavy atom. The molecule has 1 aliphatic carbocycles. The molecule has 1 heterocycles. The van der Waals surface area contributed by atoms with Gasteiger partial charge in [0.15, 0.2) is 0 Å². The van der Waals surface area contributed by atoms with Crippen LogP contribution >= 0.6 is 0 Å². The highest BCUT2D eigenvalue weighted by atomic mass is 16.4. The molecule has 4 N–H and O–H groups in total. The topological polar surface area (TPSA) is 135 Å². The van der Waals surface area contributed by atoms with Crippen LogP contribution in [0.25, 0.3) is 11.6 Å². The zero-order chi connectivity index (χ0) is 30.9. The minimum Gasteiger partial charge on any atom is -0.508 e. The quantitative estimate of drug-likeness (QED) is 0.0942. The van der Waals surface area contributed by atoms with E-state index in [1.54, 1.807) is 18.2 Å². The van der Waals surface area contributed by atoms with Crippen LogP contribution in [-0.4, -0.2) is 62.4 Å². The van der Waals surface area contributed by atoms with E-state index in [1.807, 2.05) is 49.4 Å². The molecule has 1 fully saturated rings. The molecule has 1 aliphatic heterocycles. The van der Waals surface area contributed by atoms with Gasteiger partial charge in [0.25, 0.3) is 0 Å². The third-order valence-electron chi connectivity index (χ3n) is 8.70. The summed E-state index contributed by atoms with van der Waals surface area (Å²) in [5, 5.41) is 41.1. The molecule has 4 atom stereocenters. The number of fused-ring (bicyclic) bond motifs is 1. The number of phenols is 1. The Hall–Kier alpha value is -3.75. The zero-order valence-corrected chi connectivity index (χ0v) is 24.8. The van der Waals surface area contributed by atoms with Crippen molar-refractivity contribution in [3.05, 3.63) is 76.9 Å². The lowest BCUT2D eigenvalue weighted by atomic mass is 9.67. The molecular weight excluding hydrogens is 546 g/mol. The molecule has 0 unspecified atom stereocenters. The Balaban J connectivity index is 1.55. The molecular formula is C35H43NO7. The van der Waals surface area contributed by atoms with Gasteiger partial charge < -0.3 is 20.4 Å². The Labute approximate surface area is 253 Å². The number of likely N-dealkylation sites (tertiary alicyclic amines) is 1. The third kappa shape index (κ3) is 7.80. The van der Waals surface area contributed by atoms with E-state index in [4.69, 9.17) is 5.11 Å². The van der Waals surface area contributed by atoms with Gasteiger partial charge in [-0.3, -0.25) is 19.3 Å². The highest BCUT2D eigenvalue weighted by molar-refractivity contribution is 6.05. The number of carboxylic acids is 1. The molecule has 2 amide bonds. The van der Waals surface area contributed by atoms with Gasteiger partial charge in [0.2, 0.25) is 11.8 Å². The number of hydrogen-bond donors (Lipinski definition) is 4. The van der Waals surface area contributed by atoms with E-state index in [-0.39, 0.29) is 37.1 Å². The molecule has 1 saturated heterocycles. The van der Waals surface area contributed by atoms with Gasteiger partial charge in [-0.15, -0.1) is 0 Å². The van der Waals surface area contributed by atoms with Crippen molar-refractivity contribution in [3.8, 4) is 5.75 Å². The number of benzene rings is 2. The van der Waals surface area contributed by atoms with Gasteiger partial charge in [0, 0.05) is 18.9 Å². The van der Waals surface area contributed by atoms with Crippen molar-refractivity contribution in [1.82, 2.24) is 4.90 Å². The van der Waals surface area contributed by atoms with Gasteiger partial charge in [0.05, 0.1) is 24.5 Å². The Morgan fingerprint density at radius 3 is 2.47 bits per heavy atom. The Morgan fingerprint density at radius 2 is 1.79 bits per heavy atom. The monoisotopic (exact) mass is 589 g/mol. The van der Waals surface area contributed by atoms with Crippen LogP contribution in [0, 0.1) is 17.8 Å². The first-order valence-electron chi connectivity index (χ1n) is 15.4. The number of unbranched alkanes of at least 4 members (excludes halogenated alkanes) is 2. The second-order valence-electron chi connectivity index (χ2n) is 11.7. The summed E-state index contributed by atoms with van der Waals surface area (Å²) in [6, 6.07) is 16.8. The molecule has 2 aliphatic rings. The largest absolute Gasteiger partial charge is 0.508 e. The Kier molecular flexibility index (Phi) is 11.3. The SMILES string of the molecule is CCCC1=C([C@H](O)CC/C(=C/c2cccc(O)c2)c2ccccc2)[C@H](CO)[C@@H]2C(=O)N(CCCCCC(=O)O)C(=O)[C@@H]2C1. The van der Waals surface area contributed by atoms with Gasteiger partial charge in [-0.05, 0) is 72.9 Å². The zero-order valence-electron chi connectivity index (χ0n) is 24.8. The molecule has 8 heteroatoms. The molecule has 0 spiro atoms. The lowest BCUT2D eigenvalue weighted by Gasteiger charge is -2.36. The molecule has 2 aromatic rings. The number of rotatable bonds is 15. The second-order valence-corrected chi connectivity index (χ2v) is 11.7. The first kappa shape index (κ1) is 32.2. The summed E-state index contributed by atoms with van der Waals surface area (Å²) in [7, 11) is 0. The van der Waals surface area contributed by atoms with Crippen LogP contribution in [0.5, 0.6) is 5.75 Å². The first-order valence-corrected chi connectivity index (χ1v) is 15.4. The number of imide groups is 1. The smallest absolute Gasteiger partial charge is 0.303 e. The maximum absolute atomic E-state index is 13.6. The number of aliphatic hydroxyl groups excluding tert-OH is 2. The van der Waals surface area contributed by atoms with Gasteiger partial charge in [0.1, 0.15) is 5.75 Å². The van der Waals surface area contributed by atoms with Crippen LogP contribution in [0.4, 0.5) is 0 Å². The summed E-state index contributed by atoms with van der Waals surface area (Å²) >= 11 is 0. The van der Waals surface area contributed by atoms with Gasteiger partial charge in [-0.2, -0.15) is 0 Å². The number of amides is 2. The van der Waals surface area contributed by atoms with Crippen LogP contribution in [0.3, 0.4) is 0 Å². The summed E-state index contributed by atoms with van der Waals surface area (Å²) in [5.41, 5.74) is 4.47. The summed E-state index contributed by atoms with van der Waals surface area (Å²) in [5.74, 6) is -3.13. The maximum Gasteiger partial charge on any atom is 0.303 e. The van der Waals surface area contributed by atoms with E-state index in [0.29, 0.717) is 50.5 Å². The van der Waals surface area contributed by atoms with E-state index in [1.165, 1.54) is 4.90 Å². The number of allylic oxidation sites excluding steroid dienone is 2. The van der Waals surface area contributed by atoms with Gasteiger partial charge >= 0.3 is 5.97 Å². The standard InChI is InChI=1S/C35H43NO7/c1-2-10-26-21-28-33(35(43)36(34(28)42)18-8-4-7-15-31(40)41)29(22-37)32(26)30(39)17-16-25(24-12-5-3-6-13-24)19-23-11-9-14-27(38)20-23/h3,5-6,9,11-14,19-20,28-30,33,37-39H,2,4,7-8,10,15-18,21-22H2,1H3,(H,40,41)/b25-19-/t28-,29+,30-,33-/m1/s1. The van der Waals surface area contributed by atoms with Crippen LogP contribution in [0.15, 0.2) is 65.7 Å². The molecule has 0 bridgehead atoms. The molecule has 8 nitrogen and oxygen atoms in total. The van der Waals surface area contributed by atoms with Gasteiger partial charge in [-0.25, -0.2) is 0 Å². The van der Waals surface area contributed by atoms with Crippen molar-refractivity contribution in [3.63, 3.8) is 0 Å². The lowest BCUT2D eigenvalue weighted by Crippen LogP contribution is -2.39. The predicted molar refractivity (Wildman–Crippen MR) is 165 cm³/mol. The predicted octanol–water partition coefficient (Wildman–Crippen LogP) is 5.43. The van der Waals surface area contributed by atoms with Crippen molar-refractivity contribution in [2.24, 2.45) is 17.8 Å². The molecule has 0 saturated carbocycles. The van der Waals surface area contributed by atoms with Crippen LogP contribution < -0.4 is 0 Å². The van der Waals surface area contributed by atoms with Crippen molar-refractivity contribution in [1.29, 1.82) is 0 Å². The molecule has 2 aromatic carbocycles. The summed E-state index contributed by atoms with van der Waals surface area (Å²) in [6.45, 7) is 1.94. The number of aromatic hydroxyl groups is 1. The number of carbonyl (C=O) groups is 3. The van der Waals surface area contributed by atoms with Crippen molar-refractivity contribution >= 4 is 29.4 Å². The number of carbonyl (C=O) groups excluding carboxylic acids is 2. The van der Waals surface area contributed by atoms with Crippen LogP contribution in [0.2, 0.25) is 0 Å². The second kappa shape index (κ2) is 15.1. The Bertz CT molecular complexity index is 1350. The number of nitrogens with zero attached hydrogens (tertiary/aromatic N) is 1. The average molecular weight is 590 g/mol. The molecule has 0 aromatic heterocycles. The minimum atomic E-state index is -0.899. The molecule has 230 valence electrons. The fraction of sp³-hybridized carbons (Fsp3) is 0.457. The number of aliphatic hydroxyl groups is 2. The van der Waals surface area contributed by atoms with E-state index < -0.39 is 29.8 Å². The molecule has 43 heavy (non-hydrogen) atoms. The van der Waals surface area contributed by atoms with E-state index in [2.05, 4.69) is 0 Å². The third-order valence-corrected chi connectivity index (χ3v) is 8.70. The van der Waals surface area contributed by atoms with Crippen molar-refractivity contribution < 1.29 is 34.8 Å². The summed E-state index contributed by atoms with van der Waals surface area (Å²) in [6.07, 6.45) is 5.54. The number of carboxylic acid groups (broad SMARTS) is 1. The van der Waals surface area contributed by atoms with Crippen molar-refractivity contribution in [2.75, 3.05) is 13.2 Å². The highest BCUT2D eigenvalue weighted by Crippen LogP contribution is 2.47. The number of phenolic OH excluding ortho intramolecular Hbond substituents is 1. The lowest BCUT2D eigenvalue weighted by molar-refractivity contribution is -0.141. The first-order chi connectivity index (χ1) is 20.7.